The fourth-order valence-electron chi connectivity index (χ4n) is 1.15. The Hall–Kier alpha value is -0.960. The van der Waals surface area contributed by atoms with E-state index in [-0.39, 0.29) is 5.62 Å². The maximum absolute atomic E-state index is 5.92. The summed E-state index contributed by atoms with van der Waals surface area (Å²) < 4.78 is 0. The molecule has 1 unspecified atom stereocenters. The van der Waals surface area contributed by atoms with Crippen LogP contribution in [0.25, 0.3) is 0 Å². The predicted octanol–water partition coefficient (Wildman–Crippen LogP) is 1.47. The Morgan fingerprint density at radius 3 is 3.27 bits per heavy atom. The van der Waals surface area contributed by atoms with E-state index in [9.17, 15) is 0 Å². The second kappa shape index (κ2) is 2.27. The molecule has 1 aliphatic heterocycles. The first kappa shape index (κ1) is 6.73. The molecule has 0 aromatic carbocycles. The number of fused-ring (bicyclic) bond motifs is 1. The van der Waals surface area contributed by atoms with Crippen LogP contribution in [0, 0.1) is 0 Å². The number of aromatic nitrogens is 1. The molecule has 1 aromatic heterocycles. The van der Waals surface area contributed by atoms with Crippen molar-refractivity contribution in [2.75, 3.05) is 17.3 Å². The first-order valence-corrected chi connectivity index (χ1v) is 3.80. The van der Waals surface area contributed by atoms with Gasteiger partial charge in [-0.05, 0) is 6.07 Å². The number of halogens is 1. The zero-order valence-corrected chi connectivity index (χ0v) is 6.84. The molecule has 58 valence electrons. The van der Waals surface area contributed by atoms with Gasteiger partial charge < -0.3 is 10.2 Å². The average molecular weight is 170 g/mol. The normalized spacial score (nSPS) is 21.3. The third kappa shape index (κ3) is 0.922. The molecule has 1 atom stereocenters. The van der Waals surface area contributed by atoms with E-state index < -0.39 is 0 Å². The molecule has 1 aromatic rings. The van der Waals surface area contributed by atoms with Gasteiger partial charge in [0.05, 0.1) is 17.6 Å². The summed E-state index contributed by atoms with van der Waals surface area (Å²) in [6.07, 6.45) is 3.53. The van der Waals surface area contributed by atoms with E-state index in [0.717, 1.165) is 11.4 Å². The van der Waals surface area contributed by atoms with Crippen molar-refractivity contribution in [3.05, 3.63) is 18.5 Å². The quantitative estimate of drug-likeness (QED) is 0.471. The van der Waals surface area contributed by atoms with Crippen LogP contribution >= 0.6 is 11.6 Å². The van der Waals surface area contributed by atoms with Crippen LogP contribution in [0.15, 0.2) is 18.5 Å². The van der Waals surface area contributed by atoms with Gasteiger partial charge in [0.25, 0.3) is 0 Å². The van der Waals surface area contributed by atoms with Gasteiger partial charge in [-0.25, -0.2) is 0 Å². The molecule has 0 spiro atoms. The maximum Gasteiger partial charge on any atom is 0.177 e. The molecular weight excluding hydrogens is 162 g/mol. The topological polar surface area (TPSA) is 28.2 Å². The fraction of sp³-hybridized carbons (Fsp3) is 0.286. The van der Waals surface area contributed by atoms with E-state index in [0.29, 0.717) is 0 Å². The van der Waals surface area contributed by atoms with Crippen LogP contribution in [-0.4, -0.2) is 17.7 Å². The zero-order valence-electron chi connectivity index (χ0n) is 6.08. The number of rotatable bonds is 0. The Morgan fingerprint density at radius 1 is 1.73 bits per heavy atom. The molecule has 2 rings (SSSR count). The van der Waals surface area contributed by atoms with E-state index in [2.05, 4.69) is 10.3 Å². The largest absolute Gasteiger partial charge is 0.350 e. The van der Waals surface area contributed by atoms with Gasteiger partial charge in [-0.1, -0.05) is 11.6 Å². The number of pyridine rings is 1. The van der Waals surface area contributed by atoms with E-state index in [1.807, 2.05) is 18.0 Å². The molecule has 0 saturated heterocycles. The highest BCUT2D eigenvalue weighted by molar-refractivity contribution is 6.24. The minimum absolute atomic E-state index is 0.144. The first-order valence-electron chi connectivity index (χ1n) is 3.36. The smallest absolute Gasteiger partial charge is 0.177 e. The molecule has 1 aliphatic rings. The average Bonchev–Trinajstić information content (AvgIpc) is 2.30. The lowest BCUT2D eigenvalue weighted by Crippen LogP contribution is -2.25. The minimum Gasteiger partial charge on any atom is -0.350 e. The molecule has 1 N–H and O–H groups in total. The van der Waals surface area contributed by atoms with Crippen molar-refractivity contribution >= 4 is 23.0 Å². The van der Waals surface area contributed by atoms with Crippen LogP contribution in [0.1, 0.15) is 0 Å². The van der Waals surface area contributed by atoms with E-state index in [1.165, 1.54) is 0 Å². The Kier molecular flexibility index (Phi) is 1.39. The summed E-state index contributed by atoms with van der Waals surface area (Å²) >= 11 is 5.92. The van der Waals surface area contributed by atoms with Gasteiger partial charge in [0, 0.05) is 13.2 Å². The molecule has 4 heteroatoms. The van der Waals surface area contributed by atoms with Crippen LogP contribution in [0.3, 0.4) is 0 Å². The fourth-order valence-corrected chi connectivity index (χ4v) is 1.38. The van der Waals surface area contributed by atoms with Crippen molar-refractivity contribution in [3.8, 4) is 0 Å². The molecular formula is C7H8ClN3. The van der Waals surface area contributed by atoms with Gasteiger partial charge in [0.2, 0.25) is 0 Å². The summed E-state index contributed by atoms with van der Waals surface area (Å²) in [5.74, 6) is 0. The number of hydrogen-bond acceptors (Lipinski definition) is 3. The highest BCUT2D eigenvalue weighted by Gasteiger charge is 2.22. The third-order valence-corrected chi connectivity index (χ3v) is 2.19. The van der Waals surface area contributed by atoms with Crippen LogP contribution in [0.2, 0.25) is 0 Å². The van der Waals surface area contributed by atoms with Gasteiger partial charge in [0.15, 0.2) is 5.62 Å². The lowest BCUT2D eigenvalue weighted by atomic mass is 10.3. The highest BCUT2D eigenvalue weighted by atomic mass is 35.5. The number of anilines is 2. The van der Waals surface area contributed by atoms with Gasteiger partial charge in [0.1, 0.15) is 0 Å². The van der Waals surface area contributed by atoms with Crippen molar-refractivity contribution in [2.45, 2.75) is 5.62 Å². The summed E-state index contributed by atoms with van der Waals surface area (Å²) in [7, 11) is 1.94. The monoisotopic (exact) mass is 169 g/mol. The number of nitrogens with zero attached hydrogens (tertiary/aromatic N) is 2. The molecule has 2 heterocycles. The maximum atomic E-state index is 5.92. The van der Waals surface area contributed by atoms with Crippen molar-refractivity contribution in [2.24, 2.45) is 0 Å². The van der Waals surface area contributed by atoms with Crippen LogP contribution in [0.5, 0.6) is 0 Å². The Labute approximate surface area is 70.0 Å². The third-order valence-electron chi connectivity index (χ3n) is 1.79. The van der Waals surface area contributed by atoms with Gasteiger partial charge in [-0.15, -0.1) is 0 Å². The van der Waals surface area contributed by atoms with E-state index >= 15 is 0 Å². The lowest BCUT2D eigenvalue weighted by Gasteiger charge is -2.14. The zero-order chi connectivity index (χ0) is 7.84. The SMILES string of the molecule is CN1c2ccncc2NC1Cl. The Morgan fingerprint density at radius 2 is 2.55 bits per heavy atom. The molecule has 0 amide bonds. The first-order chi connectivity index (χ1) is 5.29. The number of nitrogens with one attached hydrogen (secondary N) is 1. The van der Waals surface area contributed by atoms with Crippen molar-refractivity contribution in [1.82, 2.24) is 4.98 Å². The summed E-state index contributed by atoms with van der Waals surface area (Å²) in [4.78, 5) is 5.93. The van der Waals surface area contributed by atoms with Gasteiger partial charge in [-0.3, -0.25) is 4.98 Å². The standard InChI is InChI=1S/C7H8ClN3/c1-11-6-2-3-9-4-5(6)10-7(11)8/h2-4,7,10H,1H3. The second-order valence-electron chi connectivity index (χ2n) is 2.48. The molecule has 11 heavy (non-hydrogen) atoms. The summed E-state index contributed by atoms with van der Waals surface area (Å²) in [5, 5.41) is 3.08. The predicted molar refractivity (Wildman–Crippen MR) is 45.9 cm³/mol. The number of hydrogen-bond donors (Lipinski definition) is 1. The molecule has 0 bridgehead atoms. The second-order valence-corrected chi connectivity index (χ2v) is 2.90. The molecule has 0 fully saturated rings. The van der Waals surface area contributed by atoms with Crippen molar-refractivity contribution in [3.63, 3.8) is 0 Å². The summed E-state index contributed by atoms with van der Waals surface area (Å²) in [5.41, 5.74) is 1.95. The summed E-state index contributed by atoms with van der Waals surface area (Å²) in [6.45, 7) is 0. The van der Waals surface area contributed by atoms with Crippen LogP contribution < -0.4 is 10.2 Å². The molecule has 0 radical (unpaired) electrons. The van der Waals surface area contributed by atoms with Crippen molar-refractivity contribution < 1.29 is 0 Å². The lowest BCUT2D eigenvalue weighted by molar-refractivity contribution is 0.961. The van der Waals surface area contributed by atoms with Gasteiger partial charge >= 0.3 is 0 Å². The highest BCUT2D eigenvalue weighted by Crippen LogP contribution is 2.32. The Bertz CT molecular complexity index is 276. The van der Waals surface area contributed by atoms with E-state index in [4.69, 9.17) is 11.6 Å². The Balaban J connectivity index is 2.47. The summed E-state index contributed by atoms with van der Waals surface area (Å²) in [6, 6.07) is 1.94. The minimum atomic E-state index is -0.144. The van der Waals surface area contributed by atoms with Crippen LogP contribution in [0.4, 0.5) is 11.4 Å². The van der Waals surface area contributed by atoms with E-state index in [1.54, 1.807) is 12.4 Å². The van der Waals surface area contributed by atoms with Gasteiger partial charge in [-0.2, -0.15) is 0 Å². The molecule has 3 nitrogen and oxygen atoms in total. The molecule has 0 aliphatic carbocycles. The number of alkyl halides is 1. The van der Waals surface area contributed by atoms with Crippen molar-refractivity contribution in [1.29, 1.82) is 0 Å². The van der Waals surface area contributed by atoms with Crippen LogP contribution in [-0.2, 0) is 0 Å². The molecule has 0 saturated carbocycles.